The van der Waals surface area contributed by atoms with Crippen molar-refractivity contribution in [2.75, 3.05) is 6.61 Å². The molecule has 68 valence electrons. The van der Waals surface area contributed by atoms with Crippen molar-refractivity contribution in [3.63, 3.8) is 0 Å². The number of hydrogen-bond donors (Lipinski definition) is 0. The van der Waals surface area contributed by atoms with Crippen molar-refractivity contribution in [3.05, 3.63) is 29.8 Å². The lowest BCUT2D eigenvalue weighted by atomic mass is 10.1. The van der Waals surface area contributed by atoms with E-state index in [1.807, 2.05) is 6.92 Å². The molecule has 0 spiro atoms. The van der Waals surface area contributed by atoms with Crippen LogP contribution in [0.3, 0.4) is 0 Å². The standard InChI is InChI=1S/C10H10O3/c1-2-13-10-6-4-3-5-8(10)9(12)7-11/h3-7H,2H2,1H3. The first-order chi connectivity index (χ1) is 6.29. The number of para-hydroxylation sites is 1. The van der Waals surface area contributed by atoms with Crippen molar-refractivity contribution < 1.29 is 14.3 Å². The fourth-order valence-electron chi connectivity index (χ4n) is 1.02. The summed E-state index contributed by atoms with van der Waals surface area (Å²) in [6.07, 6.45) is 0.290. The minimum Gasteiger partial charge on any atom is -0.493 e. The molecule has 0 N–H and O–H groups in total. The van der Waals surface area contributed by atoms with E-state index >= 15 is 0 Å². The Labute approximate surface area is 76.3 Å². The van der Waals surface area contributed by atoms with E-state index in [1.54, 1.807) is 24.3 Å². The molecule has 1 aromatic rings. The van der Waals surface area contributed by atoms with Crippen molar-refractivity contribution in [1.29, 1.82) is 0 Å². The molecule has 0 heterocycles. The fourth-order valence-corrected chi connectivity index (χ4v) is 1.02. The van der Waals surface area contributed by atoms with Gasteiger partial charge in [-0.05, 0) is 19.1 Å². The minimum absolute atomic E-state index is 0.290. The van der Waals surface area contributed by atoms with E-state index in [1.165, 1.54) is 0 Å². The zero-order valence-electron chi connectivity index (χ0n) is 7.32. The van der Waals surface area contributed by atoms with Crippen LogP contribution in [0, 0.1) is 0 Å². The van der Waals surface area contributed by atoms with Crippen LogP contribution in [-0.2, 0) is 4.79 Å². The van der Waals surface area contributed by atoms with Gasteiger partial charge in [0.25, 0.3) is 0 Å². The average Bonchev–Trinajstić information content (AvgIpc) is 2.18. The van der Waals surface area contributed by atoms with Crippen LogP contribution in [0.1, 0.15) is 17.3 Å². The van der Waals surface area contributed by atoms with Gasteiger partial charge in [-0.3, -0.25) is 9.59 Å². The largest absolute Gasteiger partial charge is 0.493 e. The number of hydrogen-bond acceptors (Lipinski definition) is 3. The molecule has 3 heteroatoms. The van der Waals surface area contributed by atoms with Crippen molar-refractivity contribution >= 4 is 12.1 Å². The third kappa shape index (κ3) is 2.15. The van der Waals surface area contributed by atoms with Crippen LogP contribution >= 0.6 is 0 Å². The van der Waals surface area contributed by atoms with Crippen LogP contribution in [0.2, 0.25) is 0 Å². The highest BCUT2D eigenvalue weighted by atomic mass is 16.5. The topological polar surface area (TPSA) is 43.4 Å². The van der Waals surface area contributed by atoms with Crippen LogP contribution in [0.25, 0.3) is 0 Å². The van der Waals surface area contributed by atoms with Gasteiger partial charge in [-0.15, -0.1) is 0 Å². The first kappa shape index (κ1) is 9.45. The summed E-state index contributed by atoms with van der Waals surface area (Å²) in [6.45, 7) is 2.30. The number of benzene rings is 1. The number of rotatable bonds is 4. The molecule has 0 fully saturated rings. The summed E-state index contributed by atoms with van der Waals surface area (Å²) >= 11 is 0. The Kier molecular flexibility index (Phi) is 3.20. The highest BCUT2D eigenvalue weighted by Gasteiger charge is 2.09. The van der Waals surface area contributed by atoms with Gasteiger partial charge in [0, 0.05) is 0 Å². The van der Waals surface area contributed by atoms with Crippen LogP contribution in [0.4, 0.5) is 0 Å². The van der Waals surface area contributed by atoms with Gasteiger partial charge in [0.05, 0.1) is 12.2 Å². The third-order valence-electron chi connectivity index (χ3n) is 1.56. The molecule has 0 radical (unpaired) electrons. The lowest BCUT2D eigenvalue weighted by Gasteiger charge is -2.05. The molecule has 0 bridgehead atoms. The van der Waals surface area contributed by atoms with Gasteiger partial charge < -0.3 is 4.74 Å². The van der Waals surface area contributed by atoms with E-state index in [-0.39, 0.29) is 6.29 Å². The zero-order chi connectivity index (χ0) is 9.68. The Morgan fingerprint density at radius 2 is 2.15 bits per heavy atom. The first-order valence-corrected chi connectivity index (χ1v) is 4.01. The second-order valence-corrected chi connectivity index (χ2v) is 2.41. The quantitative estimate of drug-likeness (QED) is 0.398. The fraction of sp³-hybridized carbons (Fsp3) is 0.200. The third-order valence-corrected chi connectivity index (χ3v) is 1.56. The summed E-state index contributed by atoms with van der Waals surface area (Å²) in [5.74, 6) is -0.0915. The second-order valence-electron chi connectivity index (χ2n) is 2.41. The highest BCUT2D eigenvalue weighted by Crippen LogP contribution is 2.17. The van der Waals surface area contributed by atoms with Crippen molar-refractivity contribution in [1.82, 2.24) is 0 Å². The van der Waals surface area contributed by atoms with Gasteiger partial charge in [-0.2, -0.15) is 0 Å². The molecule has 13 heavy (non-hydrogen) atoms. The number of carbonyl (C=O) groups excluding carboxylic acids is 2. The number of ether oxygens (including phenoxy) is 1. The van der Waals surface area contributed by atoms with E-state index in [2.05, 4.69) is 0 Å². The van der Waals surface area contributed by atoms with E-state index in [9.17, 15) is 9.59 Å². The number of carbonyl (C=O) groups is 2. The monoisotopic (exact) mass is 178 g/mol. The lowest BCUT2D eigenvalue weighted by Crippen LogP contribution is -2.04. The van der Waals surface area contributed by atoms with Crippen LogP contribution in [0.15, 0.2) is 24.3 Å². The van der Waals surface area contributed by atoms with E-state index in [0.717, 1.165) is 0 Å². The maximum Gasteiger partial charge on any atom is 0.229 e. The van der Waals surface area contributed by atoms with E-state index in [4.69, 9.17) is 4.74 Å². The van der Waals surface area contributed by atoms with Gasteiger partial charge in [0.2, 0.25) is 5.78 Å². The Hall–Kier alpha value is -1.64. The maximum atomic E-state index is 11.1. The molecule has 0 amide bonds. The number of aldehydes is 1. The number of Topliss-reactive ketones (excluding diaryl/α,β-unsaturated/α-hetero) is 1. The molecular formula is C10H10O3. The summed E-state index contributed by atoms with van der Waals surface area (Å²) < 4.78 is 5.18. The molecule has 0 saturated heterocycles. The molecule has 0 aromatic heterocycles. The summed E-state index contributed by atoms with van der Waals surface area (Å²) in [5, 5.41) is 0. The Morgan fingerprint density at radius 1 is 1.46 bits per heavy atom. The molecule has 1 aromatic carbocycles. The predicted molar refractivity (Wildman–Crippen MR) is 48.0 cm³/mol. The average molecular weight is 178 g/mol. The molecular weight excluding hydrogens is 168 g/mol. The van der Waals surface area contributed by atoms with Crippen LogP contribution in [-0.4, -0.2) is 18.7 Å². The first-order valence-electron chi connectivity index (χ1n) is 4.01. The van der Waals surface area contributed by atoms with E-state index < -0.39 is 5.78 Å². The molecule has 0 aliphatic rings. The maximum absolute atomic E-state index is 11.1. The van der Waals surface area contributed by atoms with Crippen LogP contribution in [0.5, 0.6) is 5.75 Å². The highest BCUT2D eigenvalue weighted by molar-refractivity contribution is 6.34. The normalized spacial score (nSPS) is 9.31. The van der Waals surface area contributed by atoms with Crippen molar-refractivity contribution in [3.8, 4) is 5.75 Å². The van der Waals surface area contributed by atoms with Gasteiger partial charge in [0.1, 0.15) is 5.75 Å². The Bertz CT molecular complexity index is 318. The second kappa shape index (κ2) is 4.40. The summed E-state index contributed by atoms with van der Waals surface area (Å²) in [6, 6.07) is 6.69. The lowest BCUT2D eigenvalue weighted by molar-refractivity contribution is -0.104. The Morgan fingerprint density at radius 3 is 2.77 bits per heavy atom. The van der Waals surface area contributed by atoms with Gasteiger partial charge in [-0.25, -0.2) is 0 Å². The van der Waals surface area contributed by atoms with Gasteiger partial charge >= 0.3 is 0 Å². The van der Waals surface area contributed by atoms with Crippen LogP contribution < -0.4 is 4.74 Å². The SMILES string of the molecule is CCOc1ccccc1C(=O)C=O. The molecule has 1 rings (SSSR count). The Balaban J connectivity index is 3.03. The molecule has 0 atom stereocenters. The van der Waals surface area contributed by atoms with Crippen molar-refractivity contribution in [2.45, 2.75) is 6.92 Å². The molecule has 3 nitrogen and oxygen atoms in total. The summed E-state index contributed by atoms with van der Waals surface area (Å²) in [7, 11) is 0. The van der Waals surface area contributed by atoms with Gasteiger partial charge in [-0.1, -0.05) is 12.1 Å². The molecule has 0 saturated carbocycles. The van der Waals surface area contributed by atoms with E-state index in [0.29, 0.717) is 17.9 Å². The summed E-state index contributed by atoms with van der Waals surface area (Å²) in [5.41, 5.74) is 0.319. The predicted octanol–water partition coefficient (Wildman–Crippen LogP) is 1.47. The molecule has 0 aliphatic carbocycles. The smallest absolute Gasteiger partial charge is 0.229 e. The molecule has 0 aliphatic heterocycles. The van der Waals surface area contributed by atoms with Gasteiger partial charge in [0.15, 0.2) is 6.29 Å². The number of ketones is 1. The molecule has 0 unspecified atom stereocenters. The summed E-state index contributed by atoms with van der Waals surface area (Å²) in [4.78, 5) is 21.3. The van der Waals surface area contributed by atoms with Crippen molar-refractivity contribution in [2.24, 2.45) is 0 Å². The zero-order valence-corrected chi connectivity index (χ0v) is 7.32. The minimum atomic E-state index is -0.552.